The molecule has 0 saturated heterocycles. The quantitative estimate of drug-likeness (QED) is 0.289. The third-order valence-electron chi connectivity index (χ3n) is 5.24. The smallest absolute Gasteiger partial charge is 0.256 e. The minimum Gasteiger partial charge on any atom is -0.497 e. The first-order valence-electron chi connectivity index (χ1n) is 11.0. The van der Waals surface area contributed by atoms with E-state index in [9.17, 15) is 4.79 Å². The number of nitrogens with one attached hydrogen (secondary N) is 2. The van der Waals surface area contributed by atoms with Crippen LogP contribution >= 0.6 is 0 Å². The van der Waals surface area contributed by atoms with Crippen LogP contribution in [0.5, 0.6) is 11.5 Å². The second-order valence-corrected chi connectivity index (χ2v) is 8.78. The van der Waals surface area contributed by atoms with Crippen molar-refractivity contribution in [2.45, 2.75) is 19.4 Å². The Kier molecular flexibility index (Phi) is 6.48. The van der Waals surface area contributed by atoms with Crippen LogP contribution in [0.3, 0.4) is 0 Å². The molecule has 2 aromatic heterocycles. The molecule has 0 fully saturated rings. The van der Waals surface area contributed by atoms with Gasteiger partial charge in [-0.25, -0.2) is 4.98 Å². The Balaban J connectivity index is 1.89. The molecule has 0 bridgehead atoms. The van der Waals surface area contributed by atoms with E-state index in [1.165, 1.54) is 0 Å². The van der Waals surface area contributed by atoms with Gasteiger partial charge in [0.25, 0.3) is 5.91 Å². The number of aromatic nitrogens is 3. The van der Waals surface area contributed by atoms with Gasteiger partial charge in [-0.15, -0.1) is 5.10 Å². The highest BCUT2D eigenvalue weighted by atomic mass is 16.5. The van der Waals surface area contributed by atoms with Gasteiger partial charge in [-0.3, -0.25) is 4.79 Å². The van der Waals surface area contributed by atoms with E-state index in [1.54, 1.807) is 36.9 Å². The van der Waals surface area contributed by atoms with E-state index >= 15 is 0 Å². The van der Waals surface area contributed by atoms with Gasteiger partial charge in [0.15, 0.2) is 11.5 Å². The summed E-state index contributed by atoms with van der Waals surface area (Å²) in [7, 11) is 3.12. The van der Waals surface area contributed by atoms with E-state index in [0.29, 0.717) is 40.9 Å². The molecule has 0 aliphatic carbocycles. The van der Waals surface area contributed by atoms with Gasteiger partial charge in [-0.05, 0) is 13.8 Å². The fraction of sp³-hybridized carbons (Fsp3) is 0.240. The summed E-state index contributed by atoms with van der Waals surface area (Å²) in [6.45, 7) is 4.29. The SMILES string of the molecule is COc1cc(Nc2nn3c(NCC(C)(C)N)cc(-c4ccccc4)nc3c2C(N)=O)cc(OC)c1. The standard InChI is InChI=1S/C25H29N7O3/c1-25(2,27)14-28-20-13-19(15-8-6-5-7-9-15)30-24-21(22(26)33)23(31-32(20)24)29-16-10-17(34-3)12-18(11-16)35-4/h5-13,28H,14,27H2,1-4H3,(H2,26,33)(H,29,31). The van der Waals surface area contributed by atoms with E-state index in [-0.39, 0.29) is 11.4 Å². The van der Waals surface area contributed by atoms with E-state index < -0.39 is 11.4 Å². The van der Waals surface area contributed by atoms with Crippen molar-refractivity contribution < 1.29 is 14.3 Å². The van der Waals surface area contributed by atoms with Crippen LogP contribution in [0.1, 0.15) is 24.2 Å². The van der Waals surface area contributed by atoms with Crippen LogP contribution in [0.2, 0.25) is 0 Å². The number of nitrogens with zero attached hydrogens (tertiary/aromatic N) is 3. The van der Waals surface area contributed by atoms with Crippen LogP contribution in [0, 0.1) is 0 Å². The highest BCUT2D eigenvalue weighted by Gasteiger charge is 2.23. The molecule has 0 unspecified atom stereocenters. The number of hydrogen-bond donors (Lipinski definition) is 4. The van der Waals surface area contributed by atoms with E-state index in [0.717, 1.165) is 5.56 Å². The van der Waals surface area contributed by atoms with Gasteiger partial charge in [-0.2, -0.15) is 4.52 Å². The van der Waals surface area contributed by atoms with Crippen molar-refractivity contribution in [3.8, 4) is 22.8 Å². The van der Waals surface area contributed by atoms with Crippen molar-refractivity contribution in [1.82, 2.24) is 14.6 Å². The Bertz CT molecular complexity index is 1340. The second-order valence-electron chi connectivity index (χ2n) is 8.78. The number of hydrogen-bond acceptors (Lipinski definition) is 8. The average Bonchev–Trinajstić information content (AvgIpc) is 3.20. The molecule has 1 amide bonds. The molecule has 10 heteroatoms. The molecular formula is C25H29N7O3. The summed E-state index contributed by atoms with van der Waals surface area (Å²) in [6, 6.07) is 16.8. The lowest BCUT2D eigenvalue weighted by Crippen LogP contribution is -2.40. The third kappa shape index (κ3) is 5.28. The lowest BCUT2D eigenvalue weighted by atomic mass is 10.1. The first kappa shape index (κ1) is 23.8. The Hall–Kier alpha value is -4.31. The molecule has 6 N–H and O–H groups in total. The third-order valence-corrected chi connectivity index (χ3v) is 5.24. The summed E-state index contributed by atoms with van der Waals surface area (Å²) in [5.41, 5.74) is 14.1. The van der Waals surface area contributed by atoms with Gasteiger partial charge in [0.1, 0.15) is 22.9 Å². The lowest BCUT2D eigenvalue weighted by molar-refractivity contribution is 0.100. The van der Waals surface area contributed by atoms with Crippen molar-refractivity contribution in [2.75, 3.05) is 31.4 Å². The summed E-state index contributed by atoms with van der Waals surface area (Å²) in [6.07, 6.45) is 0. The highest BCUT2D eigenvalue weighted by molar-refractivity contribution is 6.04. The van der Waals surface area contributed by atoms with Crippen LogP contribution in [0.4, 0.5) is 17.3 Å². The molecule has 4 rings (SSSR count). The number of fused-ring (bicyclic) bond motifs is 1. The predicted octanol–water partition coefficient (Wildman–Crippen LogP) is 3.41. The van der Waals surface area contributed by atoms with Gasteiger partial charge >= 0.3 is 0 Å². The average molecular weight is 476 g/mol. The fourth-order valence-electron chi connectivity index (χ4n) is 3.55. The molecule has 0 spiro atoms. The molecule has 0 atom stereocenters. The number of ether oxygens (including phenoxy) is 2. The van der Waals surface area contributed by atoms with Crippen molar-refractivity contribution in [3.63, 3.8) is 0 Å². The zero-order valence-corrected chi connectivity index (χ0v) is 20.1. The molecule has 2 heterocycles. The van der Waals surface area contributed by atoms with Crippen molar-refractivity contribution >= 4 is 28.9 Å². The number of rotatable bonds is 9. The number of amides is 1. The van der Waals surface area contributed by atoms with Crippen LogP contribution in [0.25, 0.3) is 16.9 Å². The Morgan fingerprint density at radius 1 is 1.06 bits per heavy atom. The van der Waals surface area contributed by atoms with Crippen molar-refractivity contribution in [1.29, 1.82) is 0 Å². The molecule has 0 saturated carbocycles. The molecule has 182 valence electrons. The number of carbonyl (C=O) groups is 1. The van der Waals surface area contributed by atoms with Crippen LogP contribution in [-0.4, -0.2) is 46.8 Å². The van der Waals surface area contributed by atoms with Crippen LogP contribution in [-0.2, 0) is 0 Å². The predicted molar refractivity (Wildman–Crippen MR) is 137 cm³/mol. The number of primary amides is 1. The van der Waals surface area contributed by atoms with Crippen molar-refractivity contribution in [2.24, 2.45) is 11.5 Å². The monoisotopic (exact) mass is 475 g/mol. The van der Waals surface area contributed by atoms with Crippen molar-refractivity contribution in [3.05, 3.63) is 60.2 Å². The molecule has 10 nitrogen and oxygen atoms in total. The number of carbonyl (C=O) groups excluding carboxylic acids is 1. The second kappa shape index (κ2) is 9.51. The molecule has 0 radical (unpaired) electrons. The van der Waals surface area contributed by atoms with E-state index in [4.69, 9.17) is 25.9 Å². The molecule has 4 aromatic rings. The normalized spacial score (nSPS) is 11.3. The zero-order chi connectivity index (χ0) is 25.2. The summed E-state index contributed by atoms with van der Waals surface area (Å²) in [5, 5.41) is 11.1. The molecule has 0 aliphatic rings. The lowest BCUT2D eigenvalue weighted by Gasteiger charge is -2.20. The van der Waals surface area contributed by atoms with E-state index in [1.807, 2.05) is 50.2 Å². The van der Waals surface area contributed by atoms with E-state index in [2.05, 4.69) is 15.7 Å². The molecule has 35 heavy (non-hydrogen) atoms. The maximum Gasteiger partial charge on any atom is 0.256 e. The summed E-state index contributed by atoms with van der Waals surface area (Å²) >= 11 is 0. The number of nitrogens with two attached hydrogens (primary N) is 2. The van der Waals surface area contributed by atoms with Crippen LogP contribution < -0.4 is 31.6 Å². The van der Waals surface area contributed by atoms with Crippen LogP contribution in [0.15, 0.2) is 54.6 Å². The maximum absolute atomic E-state index is 12.6. The van der Waals surface area contributed by atoms with Gasteiger partial charge in [0.2, 0.25) is 0 Å². The Labute approximate surface area is 203 Å². The zero-order valence-electron chi connectivity index (χ0n) is 20.1. The molecule has 2 aromatic carbocycles. The molecule has 0 aliphatic heterocycles. The highest BCUT2D eigenvalue weighted by Crippen LogP contribution is 2.32. The van der Waals surface area contributed by atoms with Gasteiger partial charge in [0.05, 0.1) is 19.9 Å². The first-order chi connectivity index (χ1) is 16.7. The topological polar surface area (TPSA) is 142 Å². The number of methoxy groups -OCH3 is 2. The van der Waals surface area contributed by atoms with Gasteiger partial charge in [-0.1, -0.05) is 30.3 Å². The Morgan fingerprint density at radius 2 is 1.71 bits per heavy atom. The fourth-order valence-corrected chi connectivity index (χ4v) is 3.55. The summed E-state index contributed by atoms with van der Waals surface area (Å²) in [5.74, 6) is 1.36. The minimum absolute atomic E-state index is 0.152. The molecular weight excluding hydrogens is 446 g/mol. The largest absolute Gasteiger partial charge is 0.497 e. The maximum atomic E-state index is 12.6. The Morgan fingerprint density at radius 3 is 2.29 bits per heavy atom. The first-order valence-corrected chi connectivity index (χ1v) is 11.0. The minimum atomic E-state index is -0.667. The number of benzene rings is 2. The summed E-state index contributed by atoms with van der Waals surface area (Å²) in [4.78, 5) is 17.3. The summed E-state index contributed by atoms with van der Waals surface area (Å²) < 4.78 is 12.2. The van der Waals surface area contributed by atoms with Gasteiger partial charge < -0.3 is 31.6 Å². The van der Waals surface area contributed by atoms with Gasteiger partial charge in [0, 0.05) is 47.6 Å². The number of anilines is 3.